The molecule has 0 N–H and O–H groups in total. The van der Waals surface area contributed by atoms with Gasteiger partial charge in [-0.05, 0) is 5.53 Å². The molecule has 92 valence electrons. The van der Waals surface area contributed by atoms with Crippen LogP contribution >= 0.6 is 0 Å². The van der Waals surface area contributed by atoms with E-state index in [1.54, 1.807) is 0 Å². The number of hydrogen-bond donors (Lipinski definition) is 0. The minimum absolute atomic E-state index is 0.346. The van der Waals surface area contributed by atoms with Crippen LogP contribution in [0.1, 0.15) is 0 Å². The van der Waals surface area contributed by atoms with Crippen molar-refractivity contribution in [3.63, 3.8) is 0 Å². The highest BCUT2D eigenvalue weighted by Gasteiger charge is 2.09. The quantitative estimate of drug-likeness (QED) is 0.263. The summed E-state index contributed by atoms with van der Waals surface area (Å²) in [4.78, 5) is 4.49. The predicted molar refractivity (Wildman–Crippen MR) is 54.3 cm³/mol. The highest BCUT2D eigenvalue weighted by Crippen LogP contribution is 1.97. The Morgan fingerprint density at radius 3 is 2.69 bits per heavy atom. The lowest BCUT2D eigenvalue weighted by Crippen LogP contribution is -2.36. The fourth-order valence-electron chi connectivity index (χ4n) is 1.07. The molecular formula is C8H16N4O4. The summed E-state index contributed by atoms with van der Waals surface area (Å²) >= 11 is 0. The monoisotopic (exact) mass is 232 g/mol. The number of ether oxygens (including phenoxy) is 4. The van der Waals surface area contributed by atoms with E-state index in [2.05, 4.69) is 10.0 Å². The van der Waals surface area contributed by atoms with Gasteiger partial charge in [-0.1, -0.05) is 5.11 Å². The zero-order chi connectivity index (χ0) is 11.5. The van der Waals surface area contributed by atoms with E-state index in [0.29, 0.717) is 53.4 Å². The van der Waals surface area contributed by atoms with Crippen molar-refractivity contribution in [1.29, 1.82) is 0 Å². The molecule has 0 aromatic carbocycles. The molecule has 8 heteroatoms. The second kappa shape index (κ2) is 9.34. The van der Waals surface area contributed by atoms with Gasteiger partial charge in [-0.15, -0.1) is 0 Å². The van der Waals surface area contributed by atoms with E-state index in [1.165, 1.54) is 0 Å². The Morgan fingerprint density at radius 2 is 1.94 bits per heavy atom. The smallest absolute Gasteiger partial charge is 0.150 e. The maximum absolute atomic E-state index is 8.00. The Bertz CT molecular complexity index is 216. The van der Waals surface area contributed by atoms with Crippen LogP contribution < -0.4 is 0 Å². The summed E-state index contributed by atoms with van der Waals surface area (Å²) in [5.41, 5.74) is 8.00. The van der Waals surface area contributed by atoms with Crippen LogP contribution in [0.15, 0.2) is 5.11 Å². The molecule has 16 heavy (non-hydrogen) atoms. The molecule has 0 bridgehead atoms. The SMILES string of the molecule is [N-]=[N+]=NCCOCCOCN1COCOC1. The molecule has 0 spiro atoms. The number of nitrogens with zero attached hydrogens (tertiary/aromatic N) is 4. The van der Waals surface area contributed by atoms with Gasteiger partial charge < -0.3 is 18.9 Å². The molecule has 0 unspecified atom stereocenters. The summed E-state index contributed by atoms with van der Waals surface area (Å²) in [6.07, 6.45) is 0. The van der Waals surface area contributed by atoms with E-state index in [-0.39, 0.29) is 0 Å². The van der Waals surface area contributed by atoms with Crippen LogP contribution in [0.2, 0.25) is 0 Å². The van der Waals surface area contributed by atoms with Crippen LogP contribution in [0, 0.1) is 0 Å². The van der Waals surface area contributed by atoms with Gasteiger partial charge in [0.25, 0.3) is 0 Å². The van der Waals surface area contributed by atoms with E-state index in [9.17, 15) is 0 Å². The van der Waals surface area contributed by atoms with Crippen molar-refractivity contribution in [3.8, 4) is 0 Å². The van der Waals surface area contributed by atoms with Gasteiger partial charge in [-0.2, -0.15) is 0 Å². The minimum Gasteiger partial charge on any atom is -0.379 e. The first-order valence-corrected chi connectivity index (χ1v) is 4.97. The van der Waals surface area contributed by atoms with E-state index >= 15 is 0 Å². The van der Waals surface area contributed by atoms with E-state index in [1.807, 2.05) is 4.90 Å². The number of hydrogen-bond acceptors (Lipinski definition) is 6. The Kier molecular flexibility index (Phi) is 7.70. The molecule has 0 amide bonds. The van der Waals surface area contributed by atoms with Crippen molar-refractivity contribution >= 4 is 0 Å². The third kappa shape index (κ3) is 6.57. The van der Waals surface area contributed by atoms with E-state index in [0.717, 1.165) is 0 Å². The van der Waals surface area contributed by atoms with Gasteiger partial charge >= 0.3 is 0 Å². The lowest BCUT2D eigenvalue weighted by Gasteiger charge is -2.25. The Hall–Kier alpha value is -0.890. The second-order valence-electron chi connectivity index (χ2n) is 3.06. The Morgan fingerprint density at radius 1 is 1.19 bits per heavy atom. The number of azide groups is 1. The van der Waals surface area contributed by atoms with E-state index < -0.39 is 0 Å². The fraction of sp³-hybridized carbons (Fsp3) is 1.00. The molecule has 1 aliphatic rings. The van der Waals surface area contributed by atoms with Crippen LogP contribution in [0.25, 0.3) is 10.4 Å². The average Bonchev–Trinajstić information content (AvgIpc) is 2.34. The minimum atomic E-state index is 0.346. The molecule has 0 aromatic rings. The van der Waals surface area contributed by atoms with Crippen LogP contribution in [0.5, 0.6) is 0 Å². The Balaban J connectivity index is 1.82. The molecule has 1 heterocycles. The van der Waals surface area contributed by atoms with Crippen molar-refractivity contribution in [2.45, 2.75) is 0 Å². The van der Waals surface area contributed by atoms with Crippen LogP contribution in [0.4, 0.5) is 0 Å². The van der Waals surface area contributed by atoms with E-state index in [4.69, 9.17) is 24.5 Å². The maximum atomic E-state index is 8.00. The highest BCUT2D eigenvalue weighted by molar-refractivity contribution is 4.44. The van der Waals surface area contributed by atoms with Gasteiger partial charge in [0.2, 0.25) is 0 Å². The molecule has 0 saturated carbocycles. The largest absolute Gasteiger partial charge is 0.379 e. The maximum Gasteiger partial charge on any atom is 0.150 e. The van der Waals surface area contributed by atoms with Crippen molar-refractivity contribution < 1.29 is 18.9 Å². The average molecular weight is 232 g/mol. The lowest BCUT2D eigenvalue weighted by atomic mass is 10.7. The highest BCUT2D eigenvalue weighted by atomic mass is 16.7. The van der Waals surface area contributed by atoms with Gasteiger partial charge in [-0.3, -0.25) is 0 Å². The molecule has 0 atom stereocenters. The van der Waals surface area contributed by atoms with Gasteiger partial charge in [0.15, 0.2) is 0 Å². The standard InChI is InChI=1S/C8H16N4O4/c9-11-10-1-2-13-3-4-14-5-12-6-15-8-16-7-12/h1-8H2. The Labute approximate surface area is 93.6 Å². The topological polar surface area (TPSA) is 88.9 Å². The molecule has 1 rings (SSSR count). The molecule has 0 aromatic heterocycles. The molecule has 0 aliphatic carbocycles. The van der Waals surface area contributed by atoms with Crippen LogP contribution in [0.3, 0.4) is 0 Å². The zero-order valence-corrected chi connectivity index (χ0v) is 9.08. The first-order valence-electron chi connectivity index (χ1n) is 4.97. The van der Waals surface area contributed by atoms with Crippen LogP contribution in [-0.4, -0.2) is 58.3 Å². The molecule has 1 aliphatic heterocycles. The number of rotatable bonds is 8. The van der Waals surface area contributed by atoms with Crippen molar-refractivity contribution in [2.75, 3.05) is 53.4 Å². The third-order valence-corrected chi connectivity index (χ3v) is 1.76. The van der Waals surface area contributed by atoms with Crippen molar-refractivity contribution in [3.05, 3.63) is 10.4 Å². The predicted octanol–water partition coefficient (Wildman–Crippen LogP) is 0.509. The first-order chi connectivity index (χ1) is 7.93. The summed E-state index contributed by atoms with van der Waals surface area (Å²) in [5, 5.41) is 3.34. The van der Waals surface area contributed by atoms with Crippen molar-refractivity contribution in [2.24, 2.45) is 5.11 Å². The summed E-state index contributed by atoms with van der Waals surface area (Å²) < 4.78 is 20.6. The molecule has 1 fully saturated rings. The second-order valence-corrected chi connectivity index (χ2v) is 3.06. The zero-order valence-electron chi connectivity index (χ0n) is 9.08. The summed E-state index contributed by atoms with van der Waals surface area (Å²) in [5.74, 6) is 0. The first kappa shape index (κ1) is 13.2. The normalized spacial score (nSPS) is 17.0. The summed E-state index contributed by atoms with van der Waals surface area (Å²) in [6.45, 7) is 3.60. The van der Waals surface area contributed by atoms with Gasteiger partial charge in [0.05, 0.1) is 19.8 Å². The fourth-order valence-corrected chi connectivity index (χ4v) is 1.07. The van der Waals surface area contributed by atoms with Crippen molar-refractivity contribution in [1.82, 2.24) is 4.90 Å². The summed E-state index contributed by atoms with van der Waals surface area (Å²) in [7, 11) is 0. The van der Waals surface area contributed by atoms with Gasteiger partial charge in [-0.25, -0.2) is 4.90 Å². The molecule has 1 saturated heterocycles. The lowest BCUT2D eigenvalue weighted by molar-refractivity contribution is -0.206. The molecular weight excluding hydrogens is 216 g/mol. The molecule has 0 radical (unpaired) electrons. The van der Waals surface area contributed by atoms with Gasteiger partial charge in [0.1, 0.15) is 27.0 Å². The van der Waals surface area contributed by atoms with Crippen LogP contribution in [-0.2, 0) is 18.9 Å². The molecule has 8 nitrogen and oxygen atoms in total. The van der Waals surface area contributed by atoms with Gasteiger partial charge in [0, 0.05) is 11.5 Å². The third-order valence-electron chi connectivity index (χ3n) is 1.76. The summed E-state index contributed by atoms with van der Waals surface area (Å²) in [6, 6.07) is 0.